The number of imidazole rings is 1. The molecule has 0 saturated carbocycles. The number of H-pyrrole nitrogens is 1. The fourth-order valence-corrected chi connectivity index (χ4v) is 2.74. The molecule has 0 atom stereocenters. The lowest BCUT2D eigenvalue weighted by molar-refractivity contribution is 0.0954. The number of para-hydroxylation sites is 1. The van der Waals surface area contributed by atoms with Crippen molar-refractivity contribution in [2.45, 2.75) is 20.3 Å². The molecule has 0 unspecified atom stereocenters. The van der Waals surface area contributed by atoms with Crippen LogP contribution in [0.15, 0.2) is 48.9 Å². The molecule has 2 aromatic heterocycles. The molecule has 2 N–H and O–H groups in total. The monoisotopic (exact) mass is 308 g/mol. The van der Waals surface area contributed by atoms with Gasteiger partial charge in [-0.15, -0.1) is 0 Å². The van der Waals surface area contributed by atoms with E-state index in [1.807, 2.05) is 38.1 Å². The maximum absolute atomic E-state index is 12.6. The van der Waals surface area contributed by atoms with Gasteiger partial charge in [-0.1, -0.05) is 12.1 Å². The molecule has 0 aliphatic rings. The van der Waals surface area contributed by atoms with Crippen LogP contribution in [0.2, 0.25) is 0 Å². The average molecular weight is 308 g/mol. The molecule has 3 rings (SSSR count). The van der Waals surface area contributed by atoms with Gasteiger partial charge < -0.3 is 14.9 Å². The van der Waals surface area contributed by atoms with Gasteiger partial charge in [0.25, 0.3) is 5.91 Å². The Hall–Kier alpha value is -2.82. The van der Waals surface area contributed by atoms with E-state index in [1.54, 1.807) is 12.5 Å². The van der Waals surface area contributed by atoms with Crippen molar-refractivity contribution in [1.82, 2.24) is 19.9 Å². The van der Waals surface area contributed by atoms with Crippen molar-refractivity contribution in [3.8, 4) is 5.69 Å². The minimum Gasteiger partial charge on any atom is -0.352 e. The number of aromatic nitrogens is 3. The summed E-state index contributed by atoms with van der Waals surface area (Å²) in [5.74, 6) is -0.0624. The van der Waals surface area contributed by atoms with Gasteiger partial charge in [0.05, 0.1) is 17.6 Å². The molecule has 5 nitrogen and oxygen atoms in total. The zero-order chi connectivity index (χ0) is 16.2. The highest BCUT2D eigenvalue weighted by Gasteiger charge is 2.14. The van der Waals surface area contributed by atoms with Crippen molar-refractivity contribution in [3.05, 3.63) is 71.6 Å². The number of rotatable bonds is 5. The first kappa shape index (κ1) is 15.1. The number of hydrogen-bond acceptors (Lipinski definition) is 2. The van der Waals surface area contributed by atoms with Crippen LogP contribution < -0.4 is 5.32 Å². The van der Waals surface area contributed by atoms with E-state index in [9.17, 15) is 4.79 Å². The van der Waals surface area contributed by atoms with Gasteiger partial charge in [0, 0.05) is 36.2 Å². The summed E-state index contributed by atoms with van der Waals surface area (Å²) in [5.41, 5.74) is 4.82. The zero-order valence-corrected chi connectivity index (χ0v) is 13.3. The van der Waals surface area contributed by atoms with E-state index in [4.69, 9.17) is 0 Å². The van der Waals surface area contributed by atoms with E-state index in [0.717, 1.165) is 29.2 Å². The highest BCUT2D eigenvalue weighted by molar-refractivity contribution is 5.97. The summed E-state index contributed by atoms with van der Waals surface area (Å²) in [6.45, 7) is 4.65. The summed E-state index contributed by atoms with van der Waals surface area (Å²) in [4.78, 5) is 19.6. The first-order chi connectivity index (χ1) is 11.2. The van der Waals surface area contributed by atoms with Crippen molar-refractivity contribution in [2.24, 2.45) is 0 Å². The first-order valence-electron chi connectivity index (χ1n) is 7.66. The number of benzene rings is 1. The van der Waals surface area contributed by atoms with E-state index >= 15 is 0 Å². The van der Waals surface area contributed by atoms with Crippen molar-refractivity contribution >= 4 is 5.91 Å². The quantitative estimate of drug-likeness (QED) is 0.761. The van der Waals surface area contributed by atoms with Crippen LogP contribution in [-0.2, 0) is 6.42 Å². The normalized spacial score (nSPS) is 10.7. The second kappa shape index (κ2) is 6.52. The Kier molecular flexibility index (Phi) is 4.28. The Balaban J connectivity index is 1.78. The molecule has 0 saturated heterocycles. The van der Waals surface area contributed by atoms with E-state index in [0.29, 0.717) is 12.1 Å². The summed E-state index contributed by atoms with van der Waals surface area (Å²) >= 11 is 0. The molecule has 0 fully saturated rings. The molecule has 1 amide bonds. The van der Waals surface area contributed by atoms with Crippen LogP contribution in [0.25, 0.3) is 5.69 Å². The molecule has 3 aromatic rings. The Morgan fingerprint density at radius 2 is 1.91 bits per heavy atom. The van der Waals surface area contributed by atoms with Crippen LogP contribution in [0.1, 0.15) is 27.4 Å². The standard InChI is InChI=1S/C18H20N4O/c1-13-7-8-14(2)22(13)17-6-4-3-5-16(17)18(23)20-10-9-15-11-19-12-21-15/h3-8,11-12H,9-10H2,1-2H3,(H,19,21)(H,20,23). The van der Waals surface area contributed by atoms with E-state index in [1.165, 1.54) is 0 Å². The number of carbonyl (C=O) groups excluding carboxylic acids is 1. The Bertz CT molecular complexity index is 783. The topological polar surface area (TPSA) is 62.7 Å². The fourth-order valence-electron chi connectivity index (χ4n) is 2.74. The predicted octanol–water partition coefficient (Wildman–Crippen LogP) is 2.79. The van der Waals surface area contributed by atoms with Crippen LogP contribution in [0, 0.1) is 13.8 Å². The molecular formula is C18H20N4O. The van der Waals surface area contributed by atoms with Crippen LogP contribution in [-0.4, -0.2) is 27.0 Å². The molecule has 118 valence electrons. The van der Waals surface area contributed by atoms with Gasteiger partial charge in [0.2, 0.25) is 0 Å². The number of hydrogen-bond donors (Lipinski definition) is 2. The van der Waals surface area contributed by atoms with Crippen molar-refractivity contribution in [2.75, 3.05) is 6.54 Å². The van der Waals surface area contributed by atoms with E-state index in [2.05, 4.69) is 32.0 Å². The van der Waals surface area contributed by atoms with Gasteiger partial charge in [-0.3, -0.25) is 4.79 Å². The number of aryl methyl sites for hydroxylation is 2. The number of amides is 1. The smallest absolute Gasteiger partial charge is 0.253 e. The molecule has 0 aliphatic carbocycles. The highest BCUT2D eigenvalue weighted by atomic mass is 16.1. The van der Waals surface area contributed by atoms with Crippen LogP contribution in [0.4, 0.5) is 0 Å². The number of carbonyl (C=O) groups is 1. The van der Waals surface area contributed by atoms with E-state index in [-0.39, 0.29) is 5.91 Å². The summed E-state index contributed by atoms with van der Waals surface area (Å²) in [6, 6.07) is 11.8. The molecule has 2 heterocycles. The number of nitrogens with one attached hydrogen (secondary N) is 2. The molecular weight excluding hydrogens is 288 g/mol. The molecule has 0 aliphatic heterocycles. The van der Waals surface area contributed by atoms with Crippen molar-refractivity contribution in [1.29, 1.82) is 0 Å². The van der Waals surface area contributed by atoms with Gasteiger partial charge in [-0.05, 0) is 38.1 Å². The predicted molar refractivity (Wildman–Crippen MR) is 89.9 cm³/mol. The molecule has 23 heavy (non-hydrogen) atoms. The zero-order valence-electron chi connectivity index (χ0n) is 13.3. The van der Waals surface area contributed by atoms with Crippen LogP contribution >= 0.6 is 0 Å². The summed E-state index contributed by atoms with van der Waals surface area (Å²) in [5, 5.41) is 2.98. The third-order valence-corrected chi connectivity index (χ3v) is 3.90. The minimum atomic E-state index is -0.0624. The first-order valence-corrected chi connectivity index (χ1v) is 7.66. The number of aromatic amines is 1. The van der Waals surface area contributed by atoms with Gasteiger partial charge in [-0.25, -0.2) is 4.98 Å². The SMILES string of the molecule is Cc1ccc(C)n1-c1ccccc1C(=O)NCCc1cnc[nH]1. The van der Waals surface area contributed by atoms with Crippen molar-refractivity contribution < 1.29 is 4.79 Å². The van der Waals surface area contributed by atoms with Gasteiger partial charge in [0.15, 0.2) is 0 Å². The Morgan fingerprint density at radius 3 is 2.61 bits per heavy atom. The largest absolute Gasteiger partial charge is 0.352 e. The Labute approximate surface area is 135 Å². The Morgan fingerprint density at radius 1 is 1.17 bits per heavy atom. The second-order valence-electron chi connectivity index (χ2n) is 5.55. The lowest BCUT2D eigenvalue weighted by Gasteiger charge is -2.14. The van der Waals surface area contributed by atoms with Gasteiger partial charge in [-0.2, -0.15) is 0 Å². The highest BCUT2D eigenvalue weighted by Crippen LogP contribution is 2.20. The molecule has 0 bridgehead atoms. The lowest BCUT2D eigenvalue weighted by atomic mass is 10.1. The lowest BCUT2D eigenvalue weighted by Crippen LogP contribution is -2.27. The summed E-state index contributed by atoms with van der Waals surface area (Å²) < 4.78 is 2.10. The van der Waals surface area contributed by atoms with Gasteiger partial charge >= 0.3 is 0 Å². The minimum absolute atomic E-state index is 0.0624. The molecule has 0 spiro atoms. The average Bonchev–Trinajstić information content (AvgIpc) is 3.17. The van der Waals surface area contributed by atoms with Gasteiger partial charge in [0.1, 0.15) is 0 Å². The van der Waals surface area contributed by atoms with Crippen molar-refractivity contribution in [3.63, 3.8) is 0 Å². The van der Waals surface area contributed by atoms with Crippen LogP contribution in [0.5, 0.6) is 0 Å². The third-order valence-electron chi connectivity index (χ3n) is 3.90. The maximum atomic E-state index is 12.6. The molecule has 5 heteroatoms. The molecule has 0 radical (unpaired) electrons. The molecule has 1 aromatic carbocycles. The fraction of sp³-hybridized carbons (Fsp3) is 0.222. The number of nitrogens with zero attached hydrogens (tertiary/aromatic N) is 2. The maximum Gasteiger partial charge on any atom is 0.253 e. The summed E-state index contributed by atoms with van der Waals surface area (Å²) in [7, 11) is 0. The van der Waals surface area contributed by atoms with E-state index < -0.39 is 0 Å². The third kappa shape index (κ3) is 3.18. The second-order valence-corrected chi connectivity index (χ2v) is 5.55. The summed E-state index contributed by atoms with van der Waals surface area (Å²) in [6.07, 6.45) is 4.15. The van der Waals surface area contributed by atoms with Crippen LogP contribution in [0.3, 0.4) is 0 Å².